The van der Waals surface area contributed by atoms with Crippen LogP contribution in [0.4, 0.5) is 0 Å². The molecule has 1 fully saturated rings. The molecule has 0 unspecified atom stereocenters. The molecule has 1 aromatic carbocycles. The fourth-order valence-electron chi connectivity index (χ4n) is 3.43. The van der Waals surface area contributed by atoms with E-state index in [1.807, 2.05) is 30.9 Å². The van der Waals surface area contributed by atoms with E-state index in [-0.39, 0.29) is 11.8 Å². The maximum Gasteiger partial charge on any atom is 0.238 e. The predicted octanol–water partition coefficient (Wildman–Crippen LogP) is 2.22. The van der Waals surface area contributed by atoms with Crippen LogP contribution in [0, 0.1) is 5.41 Å². The van der Waals surface area contributed by atoms with Crippen molar-refractivity contribution in [1.82, 2.24) is 9.80 Å². The van der Waals surface area contributed by atoms with Gasteiger partial charge in [-0.25, -0.2) is 0 Å². The van der Waals surface area contributed by atoms with E-state index < -0.39 is 5.41 Å². The zero-order chi connectivity index (χ0) is 15.7. The summed E-state index contributed by atoms with van der Waals surface area (Å²) in [6.45, 7) is 6.66. The molecular weight excluding hydrogens is 276 g/mol. The Labute approximate surface area is 132 Å². The van der Waals surface area contributed by atoms with Gasteiger partial charge in [0.15, 0.2) is 0 Å². The number of fused-ring (bicyclic) bond motifs is 1. The van der Waals surface area contributed by atoms with E-state index in [9.17, 15) is 9.59 Å². The molecule has 0 bridgehead atoms. The van der Waals surface area contributed by atoms with Crippen molar-refractivity contribution in [3.8, 4) is 0 Å². The van der Waals surface area contributed by atoms with Gasteiger partial charge in [-0.1, -0.05) is 24.3 Å². The van der Waals surface area contributed by atoms with Gasteiger partial charge in [-0.2, -0.15) is 0 Å². The number of carbonyl (C=O) groups is 2. The van der Waals surface area contributed by atoms with Gasteiger partial charge < -0.3 is 9.80 Å². The second-order valence-corrected chi connectivity index (χ2v) is 6.30. The topological polar surface area (TPSA) is 40.6 Å². The summed E-state index contributed by atoms with van der Waals surface area (Å²) in [7, 11) is 0. The summed E-state index contributed by atoms with van der Waals surface area (Å²) in [4.78, 5) is 29.3. The maximum atomic E-state index is 12.9. The highest BCUT2D eigenvalue weighted by atomic mass is 16.2. The Balaban J connectivity index is 1.76. The highest BCUT2D eigenvalue weighted by Gasteiger charge is 2.59. The van der Waals surface area contributed by atoms with Crippen molar-refractivity contribution >= 4 is 11.8 Å². The summed E-state index contributed by atoms with van der Waals surface area (Å²) in [5.74, 6) is 0.0697. The Morgan fingerprint density at radius 1 is 1.14 bits per heavy atom. The summed E-state index contributed by atoms with van der Waals surface area (Å²) in [6.07, 6.45) is 2.30. The van der Waals surface area contributed by atoms with Crippen molar-refractivity contribution in [3.05, 3.63) is 35.4 Å². The van der Waals surface area contributed by atoms with Crippen molar-refractivity contribution in [1.29, 1.82) is 0 Å². The lowest BCUT2D eigenvalue weighted by Gasteiger charge is -2.33. The van der Waals surface area contributed by atoms with Gasteiger partial charge in [0, 0.05) is 26.2 Å². The van der Waals surface area contributed by atoms with Crippen LogP contribution in [0.25, 0.3) is 0 Å². The van der Waals surface area contributed by atoms with Crippen LogP contribution < -0.4 is 0 Å². The van der Waals surface area contributed by atoms with Crippen molar-refractivity contribution in [2.24, 2.45) is 5.41 Å². The summed E-state index contributed by atoms with van der Waals surface area (Å²) in [6, 6.07) is 8.27. The second kappa shape index (κ2) is 5.75. The van der Waals surface area contributed by atoms with Crippen molar-refractivity contribution < 1.29 is 9.59 Å². The van der Waals surface area contributed by atoms with Gasteiger partial charge in [0.1, 0.15) is 5.41 Å². The summed E-state index contributed by atoms with van der Waals surface area (Å²) in [5.41, 5.74) is 1.79. The Morgan fingerprint density at radius 2 is 1.77 bits per heavy atom. The van der Waals surface area contributed by atoms with Crippen molar-refractivity contribution in [2.45, 2.75) is 39.7 Å². The number of hydrogen-bond donors (Lipinski definition) is 0. The van der Waals surface area contributed by atoms with Crippen LogP contribution in [0.1, 0.15) is 37.8 Å². The standard InChI is InChI=1S/C18H24N2O2/c1-3-19(4-2)16(21)18(10-11-18)17(22)20-12-9-14-7-5-6-8-15(14)13-20/h5-8H,3-4,9-13H2,1-2H3. The van der Waals surface area contributed by atoms with E-state index in [2.05, 4.69) is 12.1 Å². The zero-order valence-corrected chi connectivity index (χ0v) is 13.5. The maximum absolute atomic E-state index is 12.9. The second-order valence-electron chi connectivity index (χ2n) is 6.30. The molecule has 1 aliphatic heterocycles. The predicted molar refractivity (Wildman–Crippen MR) is 85.2 cm³/mol. The van der Waals surface area contributed by atoms with E-state index in [1.165, 1.54) is 11.1 Å². The molecule has 1 saturated carbocycles. The lowest BCUT2D eigenvalue weighted by molar-refractivity contribution is -0.149. The molecule has 22 heavy (non-hydrogen) atoms. The number of amides is 2. The number of nitrogens with zero attached hydrogens (tertiary/aromatic N) is 2. The molecule has 3 rings (SSSR count). The van der Waals surface area contributed by atoms with Gasteiger partial charge in [0.05, 0.1) is 0 Å². The fourth-order valence-corrected chi connectivity index (χ4v) is 3.43. The van der Waals surface area contributed by atoms with Gasteiger partial charge >= 0.3 is 0 Å². The molecule has 2 aliphatic rings. The van der Waals surface area contributed by atoms with Crippen LogP contribution in [0.5, 0.6) is 0 Å². The number of rotatable bonds is 4. The van der Waals surface area contributed by atoms with E-state index in [1.54, 1.807) is 4.90 Å². The molecule has 0 aromatic heterocycles. The van der Waals surface area contributed by atoms with E-state index in [0.29, 0.717) is 32.5 Å². The third-order valence-electron chi connectivity index (χ3n) is 5.04. The van der Waals surface area contributed by atoms with Crippen molar-refractivity contribution in [3.63, 3.8) is 0 Å². The van der Waals surface area contributed by atoms with Gasteiger partial charge in [-0.3, -0.25) is 9.59 Å². The van der Waals surface area contributed by atoms with Crippen LogP contribution in [0.15, 0.2) is 24.3 Å². The average Bonchev–Trinajstić information content (AvgIpc) is 3.36. The molecule has 1 heterocycles. The third kappa shape index (κ3) is 2.40. The molecule has 0 radical (unpaired) electrons. The largest absolute Gasteiger partial charge is 0.342 e. The van der Waals surface area contributed by atoms with Gasteiger partial charge in [-0.15, -0.1) is 0 Å². The molecule has 118 valence electrons. The highest BCUT2D eigenvalue weighted by Crippen LogP contribution is 2.49. The van der Waals surface area contributed by atoms with Gasteiger partial charge in [-0.05, 0) is 44.2 Å². The zero-order valence-electron chi connectivity index (χ0n) is 13.5. The summed E-state index contributed by atoms with van der Waals surface area (Å²) < 4.78 is 0. The smallest absolute Gasteiger partial charge is 0.238 e. The SMILES string of the molecule is CCN(CC)C(=O)C1(C(=O)N2CCc3ccccc3C2)CC1. The first-order valence-corrected chi connectivity index (χ1v) is 8.28. The lowest BCUT2D eigenvalue weighted by Crippen LogP contribution is -2.48. The summed E-state index contributed by atoms with van der Waals surface area (Å²) in [5, 5.41) is 0. The van der Waals surface area contributed by atoms with E-state index >= 15 is 0 Å². The molecule has 0 N–H and O–H groups in total. The molecule has 4 heteroatoms. The highest BCUT2D eigenvalue weighted by molar-refractivity contribution is 6.07. The number of benzene rings is 1. The van der Waals surface area contributed by atoms with Crippen LogP contribution in [-0.2, 0) is 22.6 Å². The molecular formula is C18H24N2O2. The van der Waals surface area contributed by atoms with E-state index in [4.69, 9.17) is 0 Å². The molecule has 1 aliphatic carbocycles. The summed E-state index contributed by atoms with van der Waals surface area (Å²) >= 11 is 0. The molecule has 1 aromatic rings. The first-order valence-electron chi connectivity index (χ1n) is 8.28. The lowest BCUT2D eigenvalue weighted by atomic mass is 9.96. The minimum Gasteiger partial charge on any atom is -0.342 e. The Kier molecular flexibility index (Phi) is 3.94. The Hall–Kier alpha value is -1.84. The van der Waals surface area contributed by atoms with E-state index in [0.717, 1.165) is 13.0 Å². The minimum absolute atomic E-state index is 0.0290. The first-order chi connectivity index (χ1) is 10.6. The molecule has 2 amide bonds. The normalized spacial score (nSPS) is 18.5. The van der Waals surface area contributed by atoms with Crippen LogP contribution in [0.3, 0.4) is 0 Å². The monoisotopic (exact) mass is 300 g/mol. The van der Waals surface area contributed by atoms with Crippen LogP contribution >= 0.6 is 0 Å². The third-order valence-corrected chi connectivity index (χ3v) is 5.04. The van der Waals surface area contributed by atoms with Crippen LogP contribution in [-0.4, -0.2) is 41.2 Å². The average molecular weight is 300 g/mol. The molecule has 0 atom stereocenters. The first kappa shape index (κ1) is 15.1. The van der Waals surface area contributed by atoms with Crippen molar-refractivity contribution in [2.75, 3.05) is 19.6 Å². The van der Waals surface area contributed by atoms with Gasteiger partial charge in [0.25, 0.3) is 0 Å². The molecule has 0 saturated heterocycles. The number of carbonyl (C=O) groups excluding carboxylic acids is 2. The Bertz CT molecular complexity index is 589. The minimum atomic E-state index is -0.752. The molecule has 4 nitrogen and oxygen atoms in total. The molecule has 0 spiro atoms. The van der Waals surface area contributed by atoms with Gasteiger partial charge in [0.2, 0.25) is 11.8 Å². The number of hydrogen-bond acceptors (Lipinski definition) is 2. The van der Waals surface area contributed by atoms with Crippen LogP contribution in [0.2, 0.25) is 0 Å². The fraction of sp³-hybridized carbons (Fsp3) is 0.556. The Morgan fingerprint density at radius 3 is 2.36 bits per heavy atom. The quantitative estimate of drug-likeness (QED) is 0.800.